The van der Waals surface area contributed by atoms with Crippen LogP contribution in [0.25, 0.3) is 0 Å². The molecule has 1 aromatic rings. The molecule has 1 aliphatic rings. The fourth-order valence-electron chi connectivity index (χ4n) is 1.90. The Kier molecular flexibility index (Phi) is 3.52. The maximum Gasteiger partial charge on any atom is 0.307 e. The molecule has 0 aromatic heterocycles. The Morgan fingerprint density at radius 2 is 2.17 bits per heavy atom. The molecule has 0 saturated heterocycles. The van der Waals surface area contributed by atoms with Gasteiger partial charge in [0.15, 0.2) is 0 Å². The summed E-state index contributed by atoms with van der Waals surface area (Å²) in [5.74, 6) is -0.256. The third kappa shape index (κ3) is 3.01. The average Bonchev–Trinajstić information content (AvgIpc) is 3.08. The van der Waals surface area contributed by atoms with Crippen LogP contribution in [0.3, 0.4) is 0 Å². The molecule has 1 aromatic carbocycles. The second-order valence-electron chi connectivity index (χ2n) is 4.80. The number of rotatable bonds is 6. The van der Waals surface area contributed by atoms with Crippen LogP contribution >= 0.6 is 0 Å². The van der Waals surface area contributed by atoms with Crippen molar-refractivity contribution in [1.82, 2.24) is 0 Å². The van der Waals surface area contributed by atoms with Crippen molar-refractivity contribution in [2.45, 2.75) is 25.7 Å². The van der Waals surface area contributed by atoms with Crippen LogP contribution in [0.15, 0.2) is 24.3 Å². The number of aliphatic carboxylic acids is 1. The molecule has 0 atom stereocenters. The molecule has 2 rings (SSSR count). The summed E-state index contributed by atoms with van der Waals surface area (Å²) in [6.07, 6.45) is 2.50. The van der Waals surface area contributed by atoms with Gasteiger partial charge in [0.1, 0.15) is 5.75 Å². The summed E-state index contributed by atoms with van der Waals surface area (Å²) in [4.78, 5) is 10.7. The molecule has 4 heteroatoms. The normalized spacial score (nSPS) is 15.7. The van der Waals surface area contributed by atoms with Gasteiger partial charge in [0.2, 0.25) is 0 Å². The van der Waals surface area contributed by atoms with Crippen molar-refractivity contribution in [3.63, 3.8) is 0 Å². The van der Waals surface area contributed by atoms with E-state index in [1.54, 1.807) is 18.2 Å². The van der Waals surface area contributed by atoms with Crippen molar-refractivity contribution in [2.24, 2.45) is 5.41 Å². The van der Waals surface area contributed by atoms with E-state index in [2.05, 4.69) is 6.07 Å². The number of carboxylic acid groups (broad SMARTS) is 1. The van der Waals surface area contributed by atoms with Gasteiger partial charge in [-0.05, 0) is 18.9 Å². The van der Waals surface area contributed by atoms with Gasteiger partial charge < -0.3 is 9.84 Å². The Morgan fingerprint density at radius 3 is 2.78 bits per heavy atom. The van der Waals surface area contributed by atoms with E-state index in [9.17, 15) is 4.79 Å². The van der Waals surface area contributed by atoms with Gasteiger partial charge in [-0.1, -0.05) is 18.2 Å². The maximum atomic E-state index is 10.7. The Labute approximate surface area is 106 Å². The molecule has 18 heavy (non-hydrogen) atoms. The van der Waals surface area contributed by atoms with E-state index < -0.39 is 5.97 Å². The quantitative estimate of drug-likeness (QED) is 0.835. The molecular formula is C14H15NO3. The number of para-hydroxylation sites is 1. The minimum absolute atomic E-state index is 0.00504. The third-order valence-corrected chi connectivity index (χ3v) is 3.26. The van der Waals surface area contributed by atoms with Crippen LogP contribution < -0.4 is 4.74 Å². The highest BCUT2D eigenvalue weighted by Gasteiger charge is 2.43. The zero-order chi connectivity index (χ0) is 13.0. The van der Waals surface area contributed by atoms with Gasteiger partial charge in [0.25, 0.3) is 0 Å². The van der Waals surface area contributed by atoms with Gasteiger partial charge in [0, 0.05) is 17.4 Å². The van der Waals surface area contributed by atoms with Crippen molar-refractivity contribution in [3.05, 3.63) is 29.8 Å². The number of hydrogen-bond acceptors (Lipinski definition) is 3. The molecule has 0 aliphatic heterocycles. The Bertz CT molecular complexity index is 486. The monoisotopic (exact) mass is 245 g/mol. The number of nitriles is 1. The highest BCUT2D eigenvalue weighted by atomic mass is 16.5. The highest BCUT2D eigenvalue weighted by molar-refractivity contribution is 5.71. The number of carboxylic acids is 1. The minimum Gasteiger partial charge on any atom is -0.493 e. The van der Waals surface area contributed by atoms with Crippen molar-refractivity contribution in [1.29, 1.82) is 5.26 Å². The van der Waals surface area contributed by atoms with Crippen LogP contribution in [-0.4, -0.2) is 17.7 Å². The zero-order valence-corrected chi connectivity index (χ0v) is 10.1. The number of benzene rings is 1. The largest absolute Gasteiger partial charge is 0.493 e. The number of hydrogen-bond donors (Lipinski definition) is 1. The second-order valence-corrected chi connectivity index (χ2v) is 4.80. The van der Waals surface area contributed by atoms with Crippen molar-refractivity contribution in [2.75, 3.05) is 6.61 Å². The fourth-order valence-corrected chi connectivity index (χ4v) is 1.90. The number of nitrogens with zero attached hydrogens (tertiary/aromatic N) is 1. The van der Waals surface area contributed by atoms with Crippen molar-refractivity contribution < 1.29 is 14.6 Å². The summed E-state index contributed by atoms with van der Waals surface area (Å²) < 4.78 is 5.70. The molecule has 0 spiro atoms. The summed E-state index contributed by atoms with van der Waals surface area (Å²) in [6, 6.07) is 9.34. The van der Waals surface area contributed by atoms with E-state index in [-0.39, 0.29) is 11.8 Å². The van der Waals surface area contributed by atoms with E-state index in [1.165, 1.54) is 0 Å². The van der Waals surface area contributed by atoms with E-state index >= 15 is 0 Å². The molecule has 1 fully saturated rings. The lowest BCUT2D eigenvalue weighted by molar-refractivity contribution is -0.136. The van der Waals surface area contributed by atoms with Crippen LogP contribution in [0, 0.1) is 16.7 Å². The molecular weight excluding hydrogens is 230 g/mol. The van der Waals surface area contributed by atoms with Gasteiger partial charge in [0.05, 0.1) is 19.1 Å². The molecule has 0 bridgehead atoms. The van der Waals surface area contributed by atoms with Gasteiger partial charge >= 0.3 is 5.97 Å². The van der Waals surface area contributed by atoms with E-state index in [0.29, 0.717) is 24.3 Å². The summed E-state index contributed by atoms with van der Waals surface area (Å²) >= 11 is 0. The Hall–Kier alpha value is -2.02. The van der Waals surface area contributed by atoms with E-state index in [1.807, 2.05) is 6.07 Å². The van der Waals surface area contributed by atoms with Gasteiger partial charge in [-0.25, -0.2) is 0 Å². The summed E-state index contributed by atoms with van der Waals surface area (Å²) in [7, 11) is 0. The van der Waals surface area contributed by atoms with Crippen LogP contribution in [0.1, 0.15) is 24.8 Å². The first-order valence-electron chi connectivity index (χ1n) is 5.95. The van der Waals surface area contributed by atoms with Gasteiger partial charge in [-0.2, -0.15) is 5.26 Å². The topological polar surface area (TPSA) is 70.3 Å². The van der Waals surface area contributed by atoms with Gasteiger partial charge in [-0.15, -0.1) is 0 Å². The van der Waals surface area contributed by atoms with Crippen LogP contribution in [0.5, 0.6) is 5.75 Å². The Balaban J connectivity index is 2.01. The predicted molar refractivity (Wildman–Crippen MR) is 65.2 cm³/mol. The molecule has 0 amide bonds. The molecule has 1 aliphatic carbocycles. The maximum absolute atomic E-state index is 10.7. The van der Waals surface area contributed by atoms with E-state index in [0.717, 1.165) is 12.8 Å². The zero-order valence-electron chi connectivity index (χ0n) is 10.1. The average molecular weight is 245 g/mol. The summed E-state index contributed by atoms with van der Waals surface area (Å²) in [5.41, 5.74) is 0.684. The molecule has 94 valence electrons. The predicted octanol–water partition coefficient (Wildman–Crippen LogP) is 2.39. The third-order valence-electron chi connectivity index (χ3n) is 3.26. The molecule has 1 N–H and O–H groups in total. The van der Waals surface area contributed by atoms with Crippen molar-refractivity contribution in [3.8, 4) is 11.8 Å². The lowest BCUT2D eigenvalue weighted by Gasteiger charge is -2.15. The van der Waals surface area contributed by atoms with Crippen LogP contribution in [0.4, 0.5) is 0 Å². The smallest absolute Gasteiger partial charge is 0.307 e. The van der Waals surface area contributed by atoms with Gasteiger partial charge in [-0.3, -0.25) is 4.79 Å². The first-order chi connectivity index (χ1) is 8.65. The SMILES string of the molecule is N#CCC1(COc2ccccc2CC(=O)O)CC1. The van der Waals surface area contributed by atoms with Crippen molar-refractivity contribution >= 4 is 5.97 Å². The summed E-state index contributed by atoms with van der Waals surface area (Å²) in [5, 5.41) is 17.5. The minimum atomic E-state index is -0.871. The highest BCUT2D eigenvalue weighted by Crippen LogP contribution is 2.48. The lowest BCUT2D eigenvalue weighted by atomic mass is 10.1. The number of ether oxygens (including phenoxy) is 1. The lowest BCUT2D eigenvalue weighted by Crippen LogP contribution is -2.13. The standard InChI is InChI=1S/C14H15NO3/c15-8-7-14(5-6-14)10-18-12-4-2-1-3-11(12)9-13(16)17/h1-4H,5-7,9-10H2,(H,16,17). The van der Waals surface area contributed by atoms with Crippen LogP contribution in [0.2, 0.25) is 0 Å². The summed E-state index contributed by atoms with van der Waals surface area (Å²) in [6.45, 7) is 0.497. The Morgan fingerprint density at radius 1 is 1.44 bits per heavy atom. The van der Waals surface area contributed by atoms with Crippen LogP contribution in [-0.2, 0) is 11.2 Å². The molecule has 0 unspecified atom stereocenters. The second kappa shape index (κ2) is 5.09. The fraction of sp³-hybridized carbons (Fsp3) is 0.429. The number of carbonyl (C=O) groups is 1. The molecule has 4 nitrogen and oxygen atoms in total. The molecule has 0 radical (unpaired) electrons. The molecule has 1 saturated carbocycles. The first-order valence-corrected chi connectivity index (χ1v) is 5.95. The van der Waals surface area contributed by atoms with E-state index in [4.69, 9.17) is 15.1 Å². The first kappa shape index (κ1) is 12.4. The molecule has 0 heterocycles.